The summed E-state index contributed by atoms with van der Waals surface area (Å²) in [4.78, 5) is 0. The van der Waals surface area contributed by atoms with Crippen LogP contribution in [0.25, 0.3) is 0 Å². The number of rotatable bonds is 10. The summed E-state index contributed by atoms with van der Waals surface area (Å²) in [5, 5.41) is 11.0. The monoisotopic (exact) mass is 434 g/mol. The maximum atomic E-state index is 11.0. The number of ether oxygens (including phenoxy) is 4. The lowest BCUT2D eigenvalue weighted by molar-refractivity contribution is -0.231. The Morgan fingerprint density at radius 2 is 1.19 bits per heavy atom. The van der Waals surface area contributed by atoms with Crippen molar-refractivity contribution in [3.05, 3.63) is 108 Å². The van der Waals surface area contributed by atoms with Gasteiger partial charge in [0.15, 0.2) is 5.79 Å². The van der Waals surface area contributed by atoms with E-state index in [9.17, 15) is 5.11 Å². The van der Waals surface area contributed by atoms with Gasteiger partial charge in [-0.25, -0.2) is 0 Å². The Kier molecular flexibility index (Phi) is 7.68. The van der Waals surface area contributed by atoms with E-state index >= 15 is 0 Å². The molecule has 0 spiro atoms. The smallest absolute Gasteiger partial charge is 0.192 e. The molecule has 1 saturated heterocycles. The van der Waals surface area contributed by atoms with Gasteiger partial charge in [0.2, 0.25) is 0 Å². The van der Waals surface area contributed by atoms with Crippen LogP contribution in [0.3, 0.4) is 0 Å². The third-order valence-electron chi connectivity index (χ3n) is 5.53. The summed E-state index contributed by atoms with van der Waals surface area (Å²) in [6.07, 6.45) is -1.60. The molecule has 4 atom stereocenters. The van der Waals surface area contributed by atoms with E-state index in [-0.39, 0.29) is 6.61 Å². The fourth-order valence-corrected chi connectivity index (χ4v) is 3.91. The fraction of sp³-hybridized carbons (Fsp3) is 0.333. The van der Waals surface area contributed by atoms with Crippen LogP contribution in [0.2, 0.25) is 0 Å². The minimum absolute atomic E-state index is 0.287. The maximum absolute atomic E-state index is 11.0. The van der Waals surface area contributed by atoms with Crippen molar-refractivity contribution in [1.82, 2.24) is 0 Å². The number of aliphatic hydroxyl groups is 1. The van der Waals surface area contributed by atoms with E-state index in [2.05, 4.69) is 0 Å². The van der Waals surface area contributed by atoms with E-state index < -0.39 is 24.1 Å². The summed E-state index contributed by atoms with van der Waals surface area (Å²) in [6.45, 7) is 3.12. The quantitative estimate of drug-likeness (QED) is 0.510. The van der Waals surface area contributed by atoms with Crippen molar-refractivity contribution in [2.45, 2.75) is 50.8 Å². The zero-order valence-corrected chi connectivity index (χ0v) is 18.3. The lowest BCUT2D eigenvalue weighted by Gasteiger charge is -2.27. The molecule has 0 radical (unpaired) electrons. The van der Waals surface area contributed by atoms with Crippen LogP contribution in [0.15, 0.2) is 91.0 Å². The molecule has 1 aliphatic rings. The summed E-state index contributed by atoms with van der Waals surface area (Å²) in [7, 11) is 0. The molecule has 1 heterocycles. The van der Waals surface area contributed by atoms with Gasteiger partial charge in [0.05, 0.1) is 26.4 Å². The van der Waals surface area contributed by atoms with Gasteiger partial charge in [-0.15, -0.1) is 0 Å². The van der Waals surface area contributed by atoms with Gasteiger partial charge in [0, 0.05) is 0 Å². The molecule has 5 nitrogen and oxygen atoms in total. The third-order valence-corrected chi connectivity index (χ3v) is 5.53. The first-order chi connectivity index (χ1) is 15.6. The van der Waals surface area contributed by atoms with E-state index in [1.54, 1.807) is 6.92 Å². The van der Waals surface area contributed by atoms with Gasteiger partial charge in [0.25, 0.3) is 0 Å². The topological polar surface area (TPSA) is 57.2 Å². The molecule has 4 rings (SSSR count). The average molecular weight is 435 g/mol. The van der Waals surface area contributed by atoms with Gasteiger partial charge in [-0.1, -0.05) is 91.0 Å². The summed E-state index contributed by atoms with van der Waals surface area (Å²) < 4.78 is 24.3. The average Bonchev–Trinajstić information content (AvgIpc) is 3.07. The lowest BCUT2D eigenvalue weighted by Crippen LogP contribution is -2.44. The highest BCUT2D eigenvalue weighted by atomic mass is 16.7. The summed E-state index contributed by atoms with van der Waals surface area (Å²) in [5.74, 6) is -1.49. The lowest BCUT2D eigenvalue weighted by atomic mass is 10.1. The normalized spacial score (nSPS) is 25.1. The van der Waals surface area contributed by atoms with E-state index in [0.717, 1.165) is 16.7 Å². The first-order valence-electron chi connectivity index (χ1n) is 10.9. The molecule has 1 unspecified atom stereocenters. The van der Waals surface area contributed by atoms with Gasteiger partial charge in [0.1, 0.15) is 18.3 Å². The summed E-state index contributed by atoms with van der Waals surface area (Å²) in [6, 6.07) is 29.8. The Morgan fingerprint density at radius 3 is 1.72 bits per heavy atom. The maximum Gasteiger partial charge on any atom is 0.192 e. The third kappa shape index (κ3) is 6.03. The second-order valence-corrected chi connectivity index (χ2v) is 8.19. The van der Waals surface area contributed by atoms with Crippen LogP contribution in [-0.2, 0) is 38.8 Å². The second-order valence-electron chi connectivity index (χ2n) is 8.19. The minimum atomic E-state index is -1.49. The molecule has 0 bridgehead atoms. The zero-order valence-electron chi connectivity index (χ0n) is 18.3. The number of hydrogen-bond acceptors (Lipinski definition) is 5. The van der Waals surface area contributed by atoms with Gasteiger partial charge >= 0.3 is 0 Å². The molecule has 1 aliphatic heterocycles. The van der Waals surface area contributed by atoms with Crippen LogP contribution in [0, 0.1) is 0 Å². The van der Waals surface area contributed by atoms with Gasteiger partial charge in [-0.2, -0.15) is 0 Å². The summed E-state index contributed by atoms with van der Waals surface area (Å²) in [5.41, 5.74) is 3.15. The Hall–Kier alpha value is -2.54. The van der Waals surface area contributed by atoms with Crippen molar-refractivity contribution < 1.29 is 24.1 Å². The highest BCUT2D eigenvalue weighted by Crippen LogP contribution is 2.34. The van der Waals surface area contributed by atoms with Crippen molar-refractivity contribution in [2.75, 3.05) is 6.61 Å². The molecule has 0 amide bonds. The fourth-order valence-electron chi connectivity index (χ4n) is 3.91. The molecule has 3 aromatic rings. The first-order valence-corrected chi connectivity index (χ1v) is 10.9. The van der Waals surface area contributed by atoms with E-state index in [1.807, 2.05) is 91.0 Å². The van der Waals surface area contributed by atoms with Gasteiger partial charge in [-0.05, 0) is 23.6 Å². The minimum Gasteiger partial charge on any atom is -0.374 e. The van der Waals surface area contributed by atoms with Crippen LogP contribution in [0.5, 0.6) is 0 Å². The molecular formula is C27H30O5. The SMILES string of the molecule is CC1(O)O[C@H](COCc2ccccc2)[C@H](OCc2ccccc2)[C@H]1OCc1ccccc1. The van der Waals surface area contributed by atoms with Crippen LogP contribution >= 0.6 is 0 Å². The van der Waals surface area contributed by atoms with Crippen LogP contribution in [-0.4, -0.2) is 35.8 Å². The van der Waals surface area contributed by atoms with Crippen molar-refractivity contribution in [2.24, 2.45) is 0 Å². The number of benzene rings is 3. The predicted octanol–water partition coefficient (Wildman–Crippen LogP) is 4.48. The Labute approximate surface area is 189 Å². The van der Waals surface area contributed by atoms with Crippen LogP contribution in [0.4, 0.5) is 0 Å². The standard InChI is InChI=1S/C27H30O5/c1-27(28)26(31-19-23-15-9-4-10-16-23)25(30-18-22-13-7-3-8-14-22)24(32-27)20-29-17-21-11-5-2-6-12-21/h2-16,24-26,28H,17-20H2,1H3/t24-,25+,26-,27?/m1/s1. The van der Waals surface area contributed by atoms with Gasteiger partial charge in [-0.3, -0.25) is 0 Å². The molecule has 1 N–H and O–H groups in total. The zero-order chi connectivity index (χ0) is 22.2. The van der Waals surface area contributed by atoms with Crippen molar-refractivity contribution in [1.29, 1.82) is 0 Å². The van der Waals surface area contributed by atoms with E-state index in [1.165, 1.54) is 0 Å². The molecule has 5 heteroatoms. The Morgan fingerprint density at radius 1 is 0.719 bits per heavy atom. The molecule has 1 fully saturated rings. The molecule has 0 aromatic heterocycles. The number of hydrogen-bond donors (Lipinski definition) is 1. The van der Waals surface area contributed by atoms with E-state index in [4.69, 9.17) is 18.9 Å². The highest BCUT2D eigenvalue weighted by molar-refractivity contribution is 5.15. The largest absolute Gasteiger partial charge is 0.374 e. The first kappa shape index (κ1) is 22.6. The van der Waals surface area contributed by atoms with Crippen LogP contribution in [0.1, 0.15) is 23.6 Å². The summed E-state index contributed by atoms with van der Waals surface area (Å²) >= 11 is 0. The van der Waals surface area contributed by atoms with E-state index in [0.29, 0.717) is 19.8 Å². The highest BCUT2D eigenvalue weighted by Gasteiger charge is 2.53. The van der Waals surface area contributed by atoms with Crippen molar-refractivity contribution in [3.8, 4) is 0 Å². The molecule has 0 aliphatic carbocycles. The molecular weight excluding hydrogens is 404 g/mol. The molecule has 32 heavy (non-hydrogen) atoms. The van der Waals surface area contributed by atoms with Gasteiger partial charge < -0.3 is 24.1 Å². The predicted molar refractivity (Wildman–Crippen MR) is 122 cm³/mol. The molecule has 0 saturated carbocycles. The molecule has 3 aromatic carbocycles. The van der Waals surface area contributed by atoms with Crippen molar-refractivity contribution >= 4 is 0 Å². The Balaban J connectivity index is 1.44. The van der Waals surface area contributed by atoms with Crippen molar-refractivity contribution in [3.63, 3.8) is 0 Å². The van der Waals surface area contributed by atoms with Crippen LogP contribution < -0.4 is 0 Å². The second kappa shape index (κ2) is 10.9. The Bertz CT molecular complexity index is 930. The molecule has 168 valence electrons.